The fraction of sp³-hybridized carbons (Fsp3) is 0.267. The van der Waals surface area contributed by atoms with E-state index in [0.29, 0.717) is 16.9 Å². The molecule has 1 aromatic carbocycles. The van der Waals surface area contributed by atoms with Crippen LogP contribution in [0.15, 0.2) is 39.4 Å². The summed E-state index contributed by atoms with van der Waals surface area (Å²) in [5.41, 5.74) is 1.85. The van der Waals surface area contributed by atoms with Crippen LogP contribution in [0.4, 0.5) is 0 Å². The highest BCUT2D eigenvalue weighted by Crippen LogP contribution is 2.42. The first-order valence-corrected chi connectivity index (χ1v) is 7.06. The molecule has 1 aliphatic carbocycles. The Hall–Kier alpha value is -1.55. The maximum atomic E-state index is 11.5. The quantitative estimate of drug-likeness (QED) is 0.893. The van der Waals surface area contributed by atoms with Gasteiger partial charge in [-0.05, 0) is 30.5 Å². The molecule has 98 valence electrons. The van der Waals surface area contributed by atoms with Crippen molar-refractivity contribution in [1.82, 2.24) is 0 Å². The number of aromatic carboxylic acids is 1. The highest BCUT2D eigenvalue weighted by atomic mass is 79.9. The number of furan rings is 1. The van der Waals surface area contributed by atoms with E-state index in [-0.39, 0.29) is 5.92 Å². The van der Waals surface area contributed by atoms with Gasteiger partial charge in [0, 0.05) is 16.0 Å². The van der Waals surface area contributed by atoms with Crippen molar-refractivity contribution < 1.29 is 14.3 Å². The van der Waals surface area contributed by atoms with Crippen molar-refractivity contribution in [3.63, 3.8) is 0 Å². The van der Waals surface area contributed by atoms with Crippen LogP contribution in [0.1, 0.15) is 41.3 Å². The molecule has 19 heavy (non-hydrogen) atoms. The maximum Gasteiger partial charge on any atom is 0.339 e. The van der Waals surface area contributed by atoms with Gasteiger partial charge in [-0.2, -0.15) is 0 Å². The summed E-state index contributed by atoms with van der Waals surface area (Å²) < 4.78 is 6.48. The first kappa shape index (κ1) is 12.5. The molecule has 1 aliphatic rings. The van der Waals surface area contributed by atoms with Gasteiger partial charge in [0.15, 0.2) is 0 Å². The van der Waals surface area contributed by atoms with Crippen LogP contribution >= 0.6 is 15.9 Å². The summed E-state index contributed by atoms with van der Waals surface area (Å²) in [7, 11) is 0. The zero-order valence-electron chi connectivity index (χ0n) is 10.2. The number of hydrogen-bond acceptors (Lipinski definition) is 2. The van der Waals surface area contributed by atoms with E-state index >= 15 is 0 Å². The minimum atomic E-state index is -0.911. The van der Waals surface area contributed by atoms with Gasteiger partial charge >= 0.3 is 5.97 Å². The molecule has 0 saturated heterocycles. The van der Waals surface area contributed by atoms with Gasteiger partial charge in [0.05, 0.1) is 6.26 Å². The second kappa shape index (κ2) is 4.85. The fourth-order valence-electron chi connectivity index (χ4n) is 2.43. The highest BCUT2D eigenvalue weighted by Gasteiger charge is 2.30. The number of carboxylic acids is 1. The third kappa shape index (κ3) is 2.21. The van der Waals surface area contributed by atoms with Gasteiger partial charge in [-0.1, -0.05) is 34.5 Å². The molecule has 0 radical (unpaired) electrons. The molecule has 1 N–H and O–H groups in total. The second-order valence-corrected chi connectivity index (χ2v) is 5.75. The molecule has 1 saturated carbocycles. The Labute approximate surface area is 119 Å². The fourth-order valence-corrected chi connectivity index (χ4v) is 2.83. The molecule has 0 atom stereocenters. The molecule has 0 bridgehead atoms. The molecular formula is C15H13BrO3. The summed E-state index contributed by atoms with van der Waals surface area (Å²) in [6.45, 7) is 0. The summed E-state index contributed by atoms with van der Waals surface area (Å²) in [4.78, 5) is 11.5. The summed E-state index contributed by atoms with van der Waals surface area (Å²) in [5.74, 6) is -0.00801. The van der Waals surface area contributed by atoms with Gasteiger partial charge in [-0.15, -0.1) is 0 Å². The lowest BCUT2D eigenvalue weighted by Crippen LogP contribution is -2.12. The van der Waals surface area contributed by atoms with Gasteiger partial charge in [0.2, 0.25) is 0 Å². The van der Waals surface area contributed by atoms with E-state index in [9.17, 15) is 9.90 Å². The molecule has 1 aromatic heterocycles. The second-order valence-electron chi connectivity index (χ2n) is 4.83. The smallest absolute Gasteiger partial charge is 0.339 e. The van der Waals surface area contributed by atoms with Gasteiger partial charge in [0.1, 0.15) is 11.3 Å². The Morgan fingerprint density at radius 3 is 2.74 bits per heavy atom. The molecular weight excluding hydrogens is 308 g/mol. The third-order valence-corrected chi connectivity index (χ3v) is 4.14. The lowest BCUT2D eigenvalue weighted by molar-refractivity contribution is 0.0693. The largest absolute Gasteiger partial charge is 0.478 e. The Bertz CT molecular complexity index is 626. The van der Waals surface area contributed by atoms with Crippen LogP contribution < -0.4 is 0 Å². The number of carbonyl (C=O) groups is 1. The van der Waals surface area contributed by atoms with Gasteiger partial charge < -0.3 is 9.52 Å². The van der Waals surface area contributed by atoms with Crippen molar-refractivity contribution in [2.45, 2.75) is 25.2 Å². The predicted octanol–water partition coefficient (Wildman–Crippen LogP) is 4.67. The number of hydrogen-bond donors (Lipinski definition) is 1. The SMILES string of the molecule is O=C(O)c1c(-c2cccc(Br)c2)coc1C1CCC1. The molecule has 3 rings (SSSR count). The number of halogens is 1. The number of carboxylic acid groups (broad SMARTS) is 1. The van der Waals surface area contributed by atoms with Crippen LogP contribution in [0.25, 0.3) is 11.1 Å². The van der Waals surface area contributed by atoms with Crippen molar-refractivity contribution in [2.75, 3.05) is 0 Å². The monoisotopic (exact) mass is 320 g/mol. The number of benzene rings is 1. The first-order chi connectivity index (χ1) is 9.16. The summed E-state index contributed by atoms with van der Waals surface area (Å²) in [5, 5.41) is 9.46. The highest BCUT2D eigenvalue weighted by molar-refractivity contribution is 9.10. The topological polar surface area (TPSA) is 50.4 Å². The molecule has 0 aliphatic heterocycles. The van der Waals surface area contributed by atoms with Crippen LogP contribution in [0.5, 0.6) is 0 Å². The van der Waals surface area contributed by atoms with Gasteiger partial charge in [0.25, 0.3) is 0 Å². The average molecular weight is 321 g/mol. The molecule has 3 nitrogen and oxygen atoms in total. The minimum absolute atomic E-state index is 0.270. The zero-order chi connectivity index (χ0) is 13.4. The van der Waals surface area contributed by atoms with E-state index in [1.54, 1.807) is 6.26 Å². The Kier molecular flexibility index (Phi) is 3.19. The van der Waals surface area contributed by atoms with Gasteiger partial charge in [-0.3, -0.25) is 0 Å². The molecule has 2 aromatic rings. The molecule has 4 heteroatoms. The van der Waals surface area contributed by atoms with Crippen molar-refractivity contribution in [1.29, 1.82) is 0 Å². The van der Waals surface area contributed by atoms with E-state index in [1.807, 2.05) is 24.3 Å². The lowest BCUT2D eigenvalue weighted by atomic mass is 9.81. The first-order valence-electron chi connectivity index (χ1n) is 6.27. The van der Waals surface area contributed by atoms with Crippen LogP contribution in [0.3, 0.4) is 0 Å². The molecule has 0 unspecified atom stereocenters. The molecule has 0 spiro atoms. The summed E-state index contributed by atoms with van der Waals surface area (Å²) >= 11 is 3.40. The van der Waals surface area contributed by atoms with Crippen LogP contribution in [-0.2, 0) is 0 Å². The average Bonchev–Trinajstić information content (AvgIpc) is 2.71. The van der Waals surface area contributed by atoms with E-state index in [1.165, 1.54) is 0 Å². The molecule has 1 heterocycles. The minimum Gasteiger partial charge on any atom is -0.478 e. The Morgan fingerprint density at radius 2 is 2.16 bits per heavy atom. The van der Waals surface area contributed by atoms with E-state index in [0.717, 1.165) is 29.3 Å². The van der Waals surface area contributed by atoms with Crippen LogP contribution in [-0.4, -0.2) is 11.1 Å². The van der Waals surface area contributed by atoms with Crippen molar-refractivity contribution in [3.8, 4) is 11.1 Å². The summed E-state index contributed by atoms with van der Waals surface area (Å²) in [6, 6.07) is 7.60. The van der Waals surface area contributed by atoms with Crippen molar-refractivity contribution in [3.05, 3.63) is 46.3 Å². The third-order valence-electron chi connectivity index (χ3n) is 3.64. The van der Waals surface area contributed by atoms with Crippen LogP contribution in [0.2, 0.25) is 0 Å². The normalized spacial score (nSPS) is 15.2. The van der Waals surface area contributed by atoms with Crippen LogP contribution in [0, 0.1) is 0 Å². The van der Waals surface area contributed by atoms with Gasteiger partial charge in [-0.25, -0.2) is 4.79 Å². The lowest BCUT2D eigenvalue weighted by Gasteiger charge is -2.23. The number of rotatable bonds is 3. The molecule has 1 fully saturated rings. The van der Waals surface area contributed by atoms with E-state index in [4.69, 9.17) is 4.42 Å². The van der Waals surface area contributed by atoms with E-state index in [2.05, 4.69) is 15.9 Å². The predicted molar refractivity (Wildman–Crippen MR) is 75.4 cm³/mol. The van der Waals surface area contributed by atoms with Crippen molar-refractivity contribution >= 4 is 21.9 Å². The standard InChI is InChI=1S/C15H13BrO3/c16-11-6-2-5-10(7-11)12-8-19-14(9-3-1-4-9)13(12)15(17)18/h2,5-9H,1,3-4H2,(H,17,18). The van der Waals surface area contributed by atoms with Crippen molar-refractivity contribution in [2.24, 2.45) is 0 Å². The molecule has 0 amide bonds. The Morgan fingerprint density at radius 1 is 1.37 bits per heavy atom. The summed E-state index contributed by atoms with van der Waals surface area (Å²) in [6.07, 6.45) is 4.76. The zero-order valence-corrected chi connectivity index (χ0v) is 11.8. The maximum absolute atomic E-state index is 11.5. The van der Waals surface area contributed by atoms with E-state index < -0.39 is 5.97 Å². The Balaban J connectivity index is 2.11.